The SMILES string of the molecule is Cc1nc(-c2ccc(F)cc2)sc1C(=O)NC(C)(C)CN.Cl.Cl. The summed E-state index contributed by atoms with van der Waals surface area (Å²) in [6.45, 7) is 5.86. The molecule has 0 radical (unpaired) electrons. The Morgan fingerprint density at radius 2 is 1.87 bits per heavy atom. The van der Waals surface area contributed by atoms with Crippen molar-refractivity contribution in [3.63, 3.8) is 0 Å². The van der Waals surface area contributed by atoms with Crippen LogP contribution in [-0.2, 0) is 0 Å². The number of thiazole rings is 1. The fraction of sp³-hybridized carbons (Fsp3) is 0.333. The molecule has 0 bridgehead atoms. The molecular weight excluding hydrogens is 360 g/mol. The molecule has 0 saturated heterocycles. The minimum absolute atomic E-state index is 0. The standard InChI is InChI=1S/C15H18FN3OS.2ClH/c1-9-12(13(20)19-15(2,3)8-17)21-14(18-9)10-4-6-11(16)7-5-10;;/h4-7H,8,17H2,1-3H3,(H,19,20);2*1H. The predicted octanol–water partition coefficient (Wildman–Crippen LogP) is 3.57. The lowest BCUT2D eigenvalue weighted by molar-refractivity contribution is 0.0919. The van der Waals surface area contributed by atoms with E-state index in [0.29, 0.717) is 22.1 Å². The second-order valence-electron chi connectivity index (χ2n) is 5.48. The van der Waals surface area contributed by atoms with Crippen molar-refractivity contribution in [1.82, 2.24) is 10.3 Å². The minimum atomic E-state index is -0.469. The quantitative estimate of drug-likeness (QED) is 0.852. The minimum Gasteiger partial charge on any atom is -0.345 e. The highest BCUT2D eigenvalue weighted by molar-refractivity contribution is 7.17. The highest BCUT2D eigenvalue weighted by Crippen LogP contribution is 2.28. The molecule has 2 aromatic rings. The van der Waals surface area contributed by atoms with Gasteiger partial charge in [-0.05, 0) is 45.0 Å². The third-order valence-electron chi connectivity index (χ3n) is 3.06. The van der Waals surface area contributed by atoms with Crippen LogP contribution in [0.5, 0.6) is 0 Å². The number of hydrogen-bond acceptors (Lipinski definition) is 4. The average Bonchev–Trinajstić information content (AvgIpc) is 2.81. The van der Waals surface area contributed by atoms with E-state index in [1.165, 1.54) is 23.5 Å². The van der Waals surface area contributed by atoms with Gasteiger partial charge in [0.2, 0.25) is 0 Å². The first-order valence-corrected chi connectivity index (χ1v) is 7.40. The number of nitrogens with one attached hydrogen (secondary N) is 1. The zero-order chi connectivity index (χ0) is 15.6. The van der Waals surface area contributed by atoms with Gasteiger partial charge in [-0.1, -0.05) is 0 Å². The van der Waals surface area contributed by atoms with E-state index in [0.717, 1.165) is 5.56 Å². The molecule has 128 valence electrons. The molecule has 0 unspecified atom stereocenters. The van der Waals surface area contributed by atoms with Gasteiger partial charge >= 0.3 is 0 Å². The zero-order valence-corrected chi connectivity index (χ0v) is 15.5. The molecular formula is C15H20Cl2FN3OS. The van der Waals surface area contributed by atoms with Gasteiger partial charge in [0.25, 0.3) is 5.91 Å². The summed E-state index contributed by atoms with van der Waals surface area (Å²) >= 11 is 1.29. The molecule has 1 amide bonds. The molecule has 0 spiro atoms. The predicted molar refractivity (Wildman–Crippen MR) is 97.3 cm³/mol. The highest BCUT2D eigenvalue weighted by atomic mass is 35.5. The summed E-state index contributed by atoms with van der Waals surface area (Å²) in [5.74, 6) is -0.483. The summed E-state index contributed by atoms with van der Waals surface area (Å²) in [5, 5.41) is 3.58. The Labute approximate surface area is 151 Å². The number of nitrogens with zero attached hydrogens (tertiary/aromatic N) is 1. The van der Waals surface area contributed by atoms with E-state index in [-0.39, 0.29) is 36.5 Å². The van der Waals surface area contributed by atoms with Gasteiger partial charge in [-0.15, -0.1) is 36.2 Å². The fourth-order valence-electron chi connectivity index (χ4n) is 1.74. The molecule has 8 heteroatoms. The molecule has 0 aliphatic carbocycles. The summed E-state index contributed by atoms with van der Waals surface area (Å²) in [5.41, 5.74) is 6.60. The number of amides is 1. The Balaban J connectivity index is 0.00000242. The highest BCUT2D eigenvalue weighted by Gasteiger charge is 2.23. The number of hydrogen-bond donors (Lipinski definition) is 2. The van der Waals surface area contributed by atoms with Crippen molar-refractivity contribution in [2.75, 3.05) is 6.54 Å². The van der Waals surface area contributed by atoms with E-state index in [2.05, 4.69) is 10.3 Å². The fourth-order valence-corrected chi connectivity index (χ4v) is 2.71. The Morgan fingerprint density at radius 3 is 2.39 bits per heavy atom. The molecule has 0 saturated carbocycles. The normalized spacial score (nSPS) is 10.5. The molecule has 1 aromatic heterocycles. The van der Waals surface area contributed by atoms with Crippen molar-refractivity contribution in [3.8, 4) is 10.6 Å². The molecule has 0 fully saturated rings. The van der Waals surface area contributed by atoms with Gasteiger partial charge in [-0.25, -0.2) is 9.37 Å². The second-order valence-corrected chi connectivity index (χ2v) is 6.48. The topological polar surface area (TPSA) is 68.0 Å². The van der Waals surface area contributed by atoms with Crippen molar-refractivity contribution < 1.29 is 9.18 Å². The molecule has 2 rings (SSSR count). The number of benzene rings is 1. The van der Waals surface area contributed by atoms with Crippen LogP contribution in [0.3, 0.4) is 0 Å². The average molecular weight is 380 g/mol. The van der Waals surface area contributed by atoms with Crippen molar-refractivity contribution in [2.45, 2.75) is 26.3 Å². The van der Waals surface area contributed by atoms with Gasteiger partial charge in [-0.3, -0.25) is 4.79 Å². The maximum atomic E-state index is 12.9. The Hall–Kier alpha value is -1.21. The zero-order valence-electron chi connectivity index (χ0n) is 13.1. The van der Waals surface area contributed by atoms with Crippen LogP contribution in [-0.4, -0.2) is 23.0 Å². The summed E-state index contributed by atoms with van der Waals surface area (Å²) in [7, 11) is 0. The lowest BCUT2D eigenvalue weighted by Gasteiger charge is -2.23. The van der Waals surface area contributed by atoms with Crippen LogP contribution in [0.1, 0.15) is 29.2 Å². The number of carbonyl (C=O) groups is 1. The first kappa shape index (κ1) is 21.8. The van der Waals surface area contributed by atoms with Crippen molar-refractivity contribution >= 4 is 42.1 Å². The molecule has 0 atom stereocenters. The van der Waals surface area contributed by atoms with E-state index >= 15 is 0 Å². The molecule has 0 aliphatic heterocycles. The van der Waals surface area contributed by atoms with E-state index in [1.54, 1.807) is 19.1 Å². The van der Waals surface area contributed by atoms with E-state index < -0.39 is 5.54 Å². The van der Waals surface area contributed by atoms with Gasteiger partial charge in [0.15, 0.2) is 0 Å². The molecule has 1 aromatic carbocycles. The Kier molecular flexibility index (Phi) is 8.14. The maximum absolute atomic E-state index is 12.9. The van der Waals surface area contributed by atoms with Gasteiger partial charge < -0.3 is 11.1 Å². The van der Waals surface area contributed by atoms with Crippen LogP contribution in [0.25, 0.3) is 10.6 Å². The number of nitrogens with two attached hydrogens (primary N) is 1. The lowest BCUT2D eigenvalue weighted by Crippen LogP contribution is -2.48. The number of aryl methyl sites for hydroxylation is 1. The second kappa shape index (κ2) is 8.59. The number of carbonyl (C=O) groups excluding carboxylic acids is 1. The van der Waals surface area contributed by atoms with Crippen molar-refractivity contribution in [2.24, 2.45) is 5.73 Å². The van der Waals surface area contributed by atoms with Crippen LogP contribution in [0.15, 0.2) is 24.3 Å². The van der Waals surface area contributed by atoms with E-state index in [9.17, 15) is 9.18 Å². The van der Waals surface area contributed by atoms with Crippen LogP contribution in [0.4, 0.5) is 4.39 Å². The van der Waals surface area contributed by atoms with Gasteiger partial charge in [0.1, 0.15) is 15.7 Å². The monoisotopic (exact) mass is 379 g/mol. The number of halogens is 3. The van der Waals surface area contributed by atoms with Crippen LogP contribution in [0, 0.1) is 12.7 Å². The van der Waals surface area contributed by atoms with Crippen molar-refractivity contribution in [3.05, 3.63) is 40.7 Å². The summed E-state index contributed by atoms with van der Waals surface area (Å²) in [6, 6.07) is 6.06. The largest absolute Gasteiger partial charge is 0.345 e. The third kappa shape index (κ3) is 5.42. The molecule has 3 N–H and O–H groups in total. The maximum Gasteiger partial charge on any atom is 0.263 e. The van der Waals surface area contributed by atoms with Crippen LogP contribution < -0.4 is 11.1 Å². The van der Waals surface area contributed by atoms with Crippen molar-refractivity contribution in [1.29, 1.82) is 0 Å². The first-order chi connectivity index (χ1) is 9.82. The first-order valence-electron chi connectivity index (χ1n) is 6.58. The van der Waals surface area contributed by atoms with Gasteiger partial charge in [0, 0.05) is 17.6 Å². The Morgan fingerprint density at radius 1 is 1.30 bits per heavy atom. The van der Waals surface area contributed by atoms with E-state index in [4.69, 9.17) is 5.73 Å². The summed E-state index contributed by atoms with van der Waals surface area (Å²) in [6.07, 6.45) is 0. The lowest BCUT2D eigenvalue weighted by atomic mass is 10.1. The number of aromatic nitrogens is 1. The van der Waals surface area contributed by atoms with Crippen LogP contribution >= 0.6 is 36.2 Å². The number of rotatable bonds is 4. The van der Waals surface area contributed by atoms with E-state index in [1.807, 2.05) is 13.8 Å². The smallest absolute Gasteiger partial charge is 0.263 e. The molecule has 1 heterocycles. The third-order valence-corrected chi connectivity index (χ3v) is 4.26. The summed E-state index contributed by atoms with van der Waals surface area (Å²) < 4.78 is 12.9. The Bertz CT molecular complexity index is 659. The van der Waals surface area contributed by atoms with Gasteiger partial charge in [0.05, 0.1) is 5.69 Å². The molecule has 4 nitrogen and oxygen atoms in total. The molecule has 0 aliphatic rings. The van der Waals surface area contributed by atoms with Crippen LogP contribution in [0.2, 0.25) is 0 Å². The molecule has 23 heavy (non-hydrogen) atoms. The van der Waals surface area contributed by atoms with Gasteiger partial charge in [-0.2, -0.15) is 0 Å². The summed E-state index contributed by atoms with van der Waals surface area (Å²) in [4.78, 5) is 17.2.